The second kappa shape index (κ2) is 11.3. The molecule has 0 bridgehead atoms. The van der Waals surface area contributed by atoms with Gasteiger partial charge in [-0.1, -0.05) is 18.9 Å². The van der Waals surface area contributed by atoms with Gasteiger partial charge in [0, 0.05) is 31.1 Å². The summed E-state index contributed by atoms with van der Waals surface area (Å²) in [5.74, 6) is 0.653. The first-order valence-electron chi connectivity index (χ1n) is 13.7. The number of hydrogen-bond acceptors (Lipinski definition) is 6. The Hall–Kier alpha value is -3.86. The summed E-state index contributed by atoms with van der Waals surface area (Å²) in [5.41, 5.74) is 4.36. The number of nitriles is 1. The SMILES string of the molecule is CCOC(=O)CCC(=O)N(C1CCCC1)C1(c2ccc3nc(CCNc4ccc(C#N)cc4)[nH]c3c2)CC1. The fraction of sp³-hybridized carbons (Fsp3) is 0.467. The number of aromatic nitrogens is 2. The molecular weight excluding hydrogens is 478 g/mol. The molecule has 1 amide bonds. The number of carbonyl (C=O) groups excluding carboxylic acids is 2. The topological polar surface area (TPSA) is 111 Å². The number of anilines is 1. The van der Waals surface area contributed by atoms with Crippen molar-refractivity contribution in [2.75, 3.05) is 18.5 Å². The van der Waals surface area contributed by atoms with Gasteiger partial charge in [-0.3, -0.25) is 9.59 Å². The molecule has 198 valence electrons. The van der Waals surface area contributed by atoms with Crippen molar-refractivity contribution < 1.29 is 14.3 Å². The van der Waals surface area contributed by atoms with Gasteiger partial charge in [-0.2, -0.15) is 5.26 Å². The number of ether oxygens (including phenoxy) is 1. The number of fused-ring (bicyclic) bond motifs is 1. The van der Waals surface area contributed by atoms with Gasteiger partial charge < -0.3 is 19.9 Å². The highest BCUT2D eigenvalue weighted by Crippen LogP contribution is 2.54. The van der Waals surface area contributed by atoms with Gasteiger partial charge in [-0.05, 0) is 74.6 Å². The van der Waals surface area contributed by atoms with Crippen LogP contribution >= 0.6 is 0 Å². The van der Waals surface area contributed by atoms with E-state index in [1.165, 1.54) is 0 Å². The Morgan fingerprint density at radius 3 is 2.61 bits per heavy atom. The summed E-state index contributed by atoms with van der Waals surface area (Å²) in [6.07, 6.45) is 7.26. The number of rotatable bonds is 11. The van der Waals surface area contributed by atoms with Crippen LogP contribution in [-0.4, -0.2) is 45.9 Å². The second-order valence-electron chi connectivity index (χ2n) is 10.3. The van der Waals surface area contributed by atoms with Crippen molar-refractivity contribution in [3.63, 3.8) is 0 Å². The van der Waals surface area contributed by atoms with Crippen molar-refractivity contribution in [2.45, 2.75) is 76.3 Å². The molecule has 0 saturated heterocycles. The number of hydrogen-bond donors (Lipinski definition) is 2. The molecule has 0 radical (unpaired) electrons. The fourth-order valence-corrected chi connectivity index (χ4v) is 5.76. The number of H-pyrrole nitrogens is 1. The summed E-state index contributed by atoms with van der Waals surface area (Å²) in [6, 6.07) is 16.1. The number of imidazole rings is 1. The number of nitrogens with one attached hydrogen (secondary N) is 2. The van der Waals surface area contributed by atoms with Gasteiger partial charge in [0.2, 0.25) is 5.91 Å². The van der Waals surface area contributed by atoms with E-state index in [1.54, 1.807) is 19.1 Å². The minimum absolute atomic E-state index is 0.0572. The van der Waals surface area contributed by atoms with Crippen molar-refractivity contribution in [1.29, 1.82) is 5.26 Å². The first kappa shape index (κ1) is 25.8. The highest BCUT2D eigenvalue weighted by atomic mass is 16.5. The van der Waals surface area contributed by atoms with Crippen LogP contribution in [0.2, 0.25) is 0 Å². The molecule has 0 atom stereocenters. The maximum atomic E-state index is 13.5. The van der Waals surface area contributed by atoms with Gasteiger partial charge >= 0.3 is 5.97 Å². The van der Waals surface area contributed by atoms with E-state index < -0.39 is 0 Å². The molecule has 0 spiro atoms. The Kier molecular flexibility index (Phi) is 7.64. The monoisotopic (exact) mass is 513 g/mol. The standard InChI is InChI=1S/C30H35N5O3/c1-2-38-29(37)14-13-28(36)35(24-5-3-4-6-24)30(16-17-30)22-9-12-25-26(19-22)34-27(33-25)15-18-32-23-10-7-21(20-31)8-11-23/h7-12,19,24,32H,2-6,13-18H2,1H3,(H,33,34). The lowest BCUT2D eigenvalue weighted by atomic mass is 9.98. The Balaban J connectivity index is 1.29. The summed E-state index contributed by atoms with van der Waals surface area (Å²) in [4.78, 5) is 35.8. The molecule has 8 heteroatoms. The Morgan fingerprint density at radius 1 is 1.16 bits per heavy atom. The molecule has 3 aromatic rings. The smallest absolute Gasteiger partial charge is 0.306 e. The fourth-order valence-electron chi connectivity index (χ4n) is 5.76. The number of nitrogens with zero attached hydrogens (tertiary/aromatic N) is 3. The van der Waals surface area contributed by atoms with E-state index in [0.29, 0.717) is 18.7 Å². The molecule has 0 unspecified atom stereocenters. The molecule has 2 aromatic carbocycles. The summed E-state index contributed by atoms with van der Waals surface area (Å²) < 4.78 is 5.06. The third-order valence-corrected chi connectivity index (χ3v) is 7.76. The van der Waals surface area contributed by atoms with Crippen LogP contribution in [0.25, 0.3) is 11.0 Å². The number of carbonyl (C=O) groups is 2. The lowest BCUT2D eigenvalue weighted by Gasteiger charge is -2.38. The van der Waals surface area contributed by atoms with Gasteiger partial charge in [0.05, 0.1) is 41.2 Å². The Labute approximate surface area is 223 Å². The Bertz CT molecular complexity index is 1330. The van der Waals surface area contributed by atoms with E-state index in [9.17, 15) is 9.59 Å². The minimum Gasteiger partial charge on any atom is -0.466 e. The molecule has 2 fully saturated rings. The highest BCUT2D eigenvalue weighted by Gasteiger charge is 2.53. The van der Waals surface area contributed by atoms with E-state index in [2.05, 4.69) is 39.5 Å². The molecular formula is C30H35N5O3. The molecule has 2 aliphatic rings. The van der Waals surface area contributed by atoms with Crippen LogP contribution in [0.1, 0.15) is 75.2 Å². The highest BCUT2D eigenvalue weighted by molar-refractivity contribution is 5.83. The van der Waals surface area contributed by atoms with Crippen molar-refractivity contribution >= 4 is 28.6 Å². The maximum Gasteiger partial charge on any atom is 0.306 e. The quantitative estimate of drug-likeness (QED) is 0.341. The molecule has 38 heavy (non-hydrogen) atoms. The van der Waals surface area contributed by atoms with Crippen molar-refractivity contribution in [2.24, 2.45) is 0 Å². The van der Waals surface area contributed by atoms with E-state index in [-0.39, 0.29) is 36.3 Å². The molecule has 1 aromatic heterocycles. The average Bonchev–Trinajstić information content (AvgIpc) is 3.33. The third-order valence-electron chi connectivity index (χ3n) is 7.76. The number of aromatic amines is 1. The van der Waals surface area contributed by atoms with Crippen LogP contribution in [0.15, 0.2) is 42.5 Å². The third kappa shape index (κ3) is 5.52. The molecule has 2 N–H and O–H groups in total. The van der Waals surface area contributed by atoms with Crippen LogP contribution in [-0.2, 0) is 26.3 Å². The van der Waals surface area contributed by atoms with E-state index >= 15 is 0 Å². The first-order valence-corrected chi connectivity index (χ1v) is 13.7. The van der Waals surface area contributed by atoms with Gasteiger partial charge in [0.15, 0.2) is 0 Å². The van der Waals surface area contributed by atoms with E-state index in [0.717, 1.165) is 73.1 Å². The van der Waals surface area contributed by atoms with Crippen molar-refractivity contribution in [1.82, 2.24) is 14.9 Å². The first-order chi connectivity index (χ1) is 18.5. The summed E-state index contributed by atoms with van der Waals surface area (Å²) >= 11 is 0. The lowest BCUT2D eigenvalue weighted by Crippen LogP contribution is -2.46. The van der Waals surface area contributed by atoms with Crippen molar-refractivity contribution in [3.05, 3.63) is 59.4 Å². The zero-order valence-electron chi connectivity index (χ0n) is 22.0. The van der Waals surface area contributed by atoms with Crippen LogP contribution in [0.4, 0.5) is 5.69 Å². The van der Waals surface area contributed by atoms with Gasteiger partial charge in [0.1, 0.15) is 5.82 Å². The molecule has 2 saturated carbocycles. The predicted octanol–water partition coefficient (Wildman–Crippen LogP) is 5.19. The molecule has 2 aliphatic carbocycles. The van der Waals surface area contributed by atoms with Crippen LogP contribution in [0.5, 0.6) is 0 Å². The van der Waals surface area contributed by atoms with Gasteiger partial charge in [-0.15, -0.1) is 0 Å². The summed E-state index contributed by atoms with van der Waals surface area (Å²) in [6.45, 7) is 2.83. The van der Waals surface area contributed by atoms with Crippen LogP contribution in [0.3, 0.4) is 0 Å². The lowest BCUT2D eigenvalue weighted by molar-refractivity contribution is -0.147. The van der Waals surface area contributed by atoms with E-state index in [4.69, 9.17) is 15.0 Å². The summed E-state index contributed by atoms with van der Waals surface area (Å²) in [7, 11) is 0. The van der Waals surface area contributed by atoms with Gasteiger partial charge in [-0.25, -0.2) is 4.98 Å². The van der Waals surface area contributed by atoms with E-state index in [1.807, 2.05) is 12.1 Å². The normalized spacial score (nSPS) is 16.2. The zero-order valence-corrected chi connectivity index (χ0v) is 22.0. The number of benzene rings is 2. The maximum absolute atomic E-state index is 13.5. The number of amides is 1. The van der Waals surface area contributed by atoms with Crippen LogP contribution < -0.4 is 5.32 Å². The largest absolute Gasteiger partial charge is 0.466 e. The number of esters is 1. The minimum atomic E-state index is -0.308. The molecule has 8 nitrogen and oxygen atoms in total. The summed E-state index contributed by atoms with van der Waals surface area (Å²) in [5, 5.41) is 12.3. The Morgan fingerprint density at radius 2 is 1.92 bits per heavy atom. The zero-order chi connectivity index (χ0) is 26.5. The molecule has 5 rings (SSSR count). The molecule has 0 aliphatic heterocycles. The molecule has 1 heterocycles. The van der Waals surface area contributed by atoms with Crippen molar-refractivity contribution in [3.8, 4) is 6.07 Å². The predicted molar refractivity (Wildman–Crippen MR) is 145 cm³/mol. The van der Waals surface area contributed by atoms with Crippen LogP contribution in [0, 0.1) is 11.3 Å². The second-order valence-corrected chi connectivity index (χ2v) is 10.3. The van der Waals surface area contributed by atoms with Gasteiger partial charge in [0.25, 0.3) is 0 Å². The average molecular weight is 514 g/mol.